The molecule has 92 valence electrons. The van der Waals surface area contributed by atoms with Crippen LogP contribution in [0.4, 0.5) is 0 Å². The number of ether oxygens (including phenoxy) is 1. The number of carbonyl (C=O) groups is 2. The molecule has 1 aromatic rings. The standard InChI is InChI=1S/C12H14O5/c1-2-3-17-7-8-4-9(11(13)14)6-10(5-8)12(15)16/h4-6H,2-3,7H2,1H3,(H,13,14)(H,15,16). The molecule has 0 aliphatic rings. The summed E-state index contributed by atoms with van der Waals surface area (Å²) in [6, 6.07) is 3.98. The predicted octanol–water partition coefficient (Wildman–Crippen LogP) is 2.01. The number of aromatic carboxylic acids is 2. The molecule has 0 spiro atoms. The largest absolute Gasteiger partial charge is 0.478 e. The van der Waals surface area contributed by atoms with Crippen molar-refractivity contribution in [1.82, 2.24) is 0 Å². The normalized spacial score (nSPS) is 10.2. The molecule has 0 heterocycles. The molecule has 0 radical (unpaired) electrons. The summed E-state index contributed by atoms with van der Waals surface area (Å²) in [6.07, 6.45) is 0.852. The molecule has 0 aliphatic heterocycles. The van der Waals surface area contributed by atoms with Gasteiger partial charge in [-0.05, 0) is 30.2 Å². The first-order valence-electron chi connectivity index (χ1n) is 5.23. The highest BCUT2D eigenvalue weighted by Crippen LogP contribution is 2.12. The van der Waals surface area contributed by atoms with Crippen molar-refractivity contribution >= 4 is 11.9 Å². The maximum absolute atomic E-state index is 10.8. The van der Waals surface area contributed by atoms with Crippen LogP contribution in [0.3, 0.4) is 0 Å². The van der Waals surface area contributed by atoms with Crippen LogP contribution in [-0.2, 0) is 11.3 Å². The van der Waals surface area contributed by atoms with Gasteiger partial charge in [-0.1, -0.05) is 6.92 Å². The number of carboxylic acids is 2. The molecule has 5 nitrogen and oxygen atoms in total. The van der Waals surface area contributed by atoms with Crippen molar-refractivity contribution < 1.29 is 24.5 Å². The summed E-state index contributed by atoms with van der Waals surface area (Å²) >= 11 is 0. The minimum atomic E-state index is -1.15. The van der Waals surface area contributed by atoms with E-state index in [1.807, 2.05) is 6.92 Å². The molecule has 2 N–H and O–H groups in total. The summed E-state index contributed by atoms with van der Waals surface area (Å²) in [7, 11) is 0. The van der Waals surface area contributed by atoms with Crippen LogP contribution in [-0.4, -0.2) is 28.8 Å². The molecule has 0 unspecified atom stereocenters. The average molecular weight is 238 g/mol. The Hall–Kier alpha value is -1.88. The fourth-order valence-electron chi connectivity index (χ4n) is 1.36. The Bertz CT molecular complexity index is 393. The third-order valence-electron chi connectivity index (χ3n) is 2.10. The second kappa shape index (κ2) is 6.00. The van der Waals surface area contributed by atoms with Crippen LogP contribution in [0.25, 0.3) is 0 Å². The lowest BCUT2D eigenvalue weighted by atomic mass is 10.1. The molecular weight excluding hydrogens is 224 g/mol. The van der Waals surface area contributed by atoms with Crippen LogP contribution in [0, 0.1) is 0 Å². The van der Waals surface area contributed by atoms with E-state index < -0.39 is 11.9 Å². The van der Waals surface area contributed by atoms with Gasteiger partial charge in [0.05, 0.1) is 17.7 Å². The van der Waals surface area contributed by atoms with Crippen molar-refractivity contribution in [2.75, 3.05) is 6.61 Å². The van der Waals surface area contributed by atoms with Gasteiger partial charge in [-0.3, -0.25) is 0 Å². The molecule has 0 aliphatic carbocycles. The molecule has 1 rings (SSSR count). The van der Waals surface area contributed by atoms with Gasteiger partial charge in [-0.25, -0.2) is 9.59 Å². The van der Waals surface area contributed by atoms with Crippen molar-refractivity contribution in [1.29, 1.82) is 0 Å². The van der Waals surface area contributed by atoms with E-state index in [9.17, 15) is 9.59 Å². The number of hydrogen-bond donors (Lipinski definition) is 2. The molecule has 17 heavy (non-hydrogen) atoms. The molecule has 0 fully saturated rings. The quantitative estimate of drug-likeness (QED) is 0.740. The second-order valence-corrected chi connectivity index (χ2v) is 3.58. The van der Waals surface area contributed by atoms with Crippen molar-refractivity contribution in [3.05, 3.63) is 34.9 Å². The van der Waals surface area contributed by atoms with Gasteiger partial charge in [0, 0.05) is 6.61 Å². The molecule has 1 aromatic carbocycles. The Kier molecular flexibility index (Phi) is 4.66. The highest BCUT2D eigenvalue weighted by atomic mass is 16.5. The van der Waals surface area contributed by atoms with Gasteiger partial charge in [-0.15, -0.1) is 0 Å². The van der Waals surface area contributed by atoms with Crippen LogP contribution < -0.4 is 0 Å². The summed E-state index contributed by atoms with van der Waals surface area (Å²) in [5.74, 6) is -2.30. The lowest BCUT2D eigenvalue weighted by Crippen LogP contribution is -2.05. The monoisotopic (exact) mass is 238 g/mol. The Morgan fingerprint density at radius 3 is 2.06 bits per heavy atom. The smallest absolute Gasteiger partial charge is 0.335 e. The van der Waals surface area contributed by atoms with Gasteiger partial charge in [0.25, 0.3) is 0 Å². The summed E-state index contributed by atoms with van der Waals surface area (Å²) in [5.41, 5.74) is 0.468. The zero-order valence-corrected chi connectivity index (χ0v) is 9.47. The zero-order chi connectivity index (χ0) is 12.8. The number of hydrogen-bond acceptors (Lipinski definition) is 3. The molecule has 0 amide bonds. The SMILES string of the molecule is CCCOCc1cc(C(=O)O)cc(C(=O)O)c1. The Morgan fingerprint density at radius 2 is 1.65 bits per heavy atom. The predicted molar refractivity (Wildman–Crippen MR) is 60.3 cm³/mol. The fourth-order valence-corrected chi connectivity index (χ4v) is 1.36. The van der Waals surface area contributed by atoms with Crippen LogP contribution in [0.5, 0.6) is 0 Å². The molecule has 0 aromatic heterocycles. The molecule has 5 heteroatoms. The van der Waals surface area contributed by atoms with Crippen LogP contribution >= 0.6 is 0 Å². The van der Waals surface area contributed by atoms with Gasteiger partial charge >= 0.3 is 11.9 Å². The van der Waals surface area contributed by atoms with E-state index in [2.05, 4.69) is 0 Å². The number of benzene rings is 1. The Morgan fingerprint density at radius 1 is 1.12 bits per heavy atom. The summed E-state index contributed by atoms with van der Waals surface area (Å²) in [5, 5.41) is 17.7. The maximum Gasteiger partial charge on any atom is 0.335 e. The molecule has 0 atom stereocenters. The average Bonchev–Trinajstić information content (AvgIpc) is 2.29. The minimum absolute atomic E-state index is 0.0417. The Balaban J connectivity index is 2.95. The third-order valence-corrected chi connectivity index (χ3v) is 2.10. The lowest BCUT2D eigenvalue weighted by molar-refractivity contribution is 0.0696. The van der Waals surface area contributed by atoms with Gasteiger partial charge in [0.2, 0.25) is 0 Å². The number of carboxylic acid groups (broad SMARTS) is 2. The van der Waals surface area contributed by atoms with Crippen LogP contribution in [0.1, 0.15) is 39.6 Å². The summed E-state index contributed by atoms with van der Waals surface area (Å²) in [6.45, 7) is 2.73. The maximum atomic E-state index is 10.8. The van der Waals surface area contributed by atoms with Gasteiger partial charge in [0.1, 0.15) is 0 Å². The van der Waals surface area contributed by atoms with E-state index in [0.29, 0.717) is 12.2 Å². The van der Waals surface area contributed by atoms with E-state index in [-0.39, 0.29) is 17.7 Å². The zero-order valence-electron chi connectivity index (χ0n) is 9.47. The van der Waals surface area contributed by atoms with Crippen molar-refractivity contribution in [3.63, 3.8) is 0 Å². The van der Waals surface area contributed by atoms with Gasteiger partial charge in [-0.2, -0.15) is 0 Å². The van der Waals surface area contributed by atoms with Gasteiger partial charge in [0.15, 0.2) is 0 Å². The minimum Gasteiger partial charge on any atom is -0.478 e. The second-order valence-electron chi connectivity index (χ2n) is 3.58. The first kappa shape index (κ1) is 13.2. The number of rotatable bonds is 6. The Labute approximate surface area is 98.6 Å². The van der Waals surface area contributed by atoms with Crippen LogP contribution in [0.2, 0.25) is 0 Å². The molecule has 0 bridgehead atoms. The lowest BCUT2D eigenvalue weighted by Gasteiger charge is -2.06. The summed E-state index contributed by atoms with van der Waals surface area (Å²) in [4.78, 5) is 21.6. The van der Waals surface area contributed by atoms with Gasteiger partial charge < -0.3 is 14.9 Å². The van der Waals surface area contributed by atoms with E-state index in [1.165, 1.54) is 12.1 Å². The summed E-state index contributed by atoms with van der Waals surface area (Å²) < 4.78 is 5.25. The first-order valence-corrected chi connectivity index (χ1v) is 5.23. The molecule has 0 saturated heterocycles. The van der Waals surface area contributed by atoms with Crippen molar-refractivity contribution in [2.24, 2.45) is 0 Å². The highest BCUT2D eigenvalue weighted by Gasteiger charge is 2.11. The topological polar surface area (TPSA) is 83.8 Å². The highest BCUT2D eigenvalue weighted by molar-refractivity contribution is 5.94. The first-order chi connectivity index (χ1) is 8.04. The third kappa shape index (κ3) is 3.88. The molecule has 0 saturated carbocycles. The van der Waals surface area contributed by atoms with Crippen molar-refractivity contribution in [3.8, 4) is 0 Å². The van der Waals surface area contributed by atoms with E-state index in [4.69, 9.17) is 14.9 Å². The fraction of sp³-hybridized carbons (Fsp3) is 0.333. The molecular formula is C12H14O5. The van der Waals surface area contributed by atoms with E-state index in [1.54, 1.807) is 0 Å². The van der Waals surface area contributed by atoms with Crippen LogP contribution in [0.15, 0.2) is 18.2 Å². The van der Waals surface area contributed by atoms with Crippen molar-refractivity contribution in [2.45, 2.75) is 20.0 Å². The van der Waals surface area contributed by atoms with E-state index >= 15 is 0 Å². The van der Waals surface area contributed by atoms with E-state index in [0.717, 1.165) is 12.5 Å².